The van der Waals surface area contributed by atoms with Gasteiger partial charge in [-0.05, 0) is 25.2 Å². The van der Waals surface area contributed by atoms with E-state index in [0.717, 1.165) is 0 Å². The molecule has 0 aliphatic carbocycles. The number of terminal acetylenes is 1. The van der Waals surface area contributed by atoms with Crippen LogP contribution in [0.25, 0.3) is 0 Å². The zero-order chi connectivity index (χ0) is 11.5. The van der Waals surface area contributed by atoms with Crippen LogP contribution in [0.5, 0.6) is 0 Å². The lowest BCUT2D eigenvalue weighted by atomic mass is 9.76. The predicted molar refractivity (Wildman–Crippen MR) is 55.0 cm³/mol. The second-order valence-electron chi connectivity index (χ2n) is 3.88. The van der Waals surface area contributed by atoms with Crippen molar-refractivity contribution in [1.29, 1.82) is 0 Å². The molecule has 0 atom stereocenters. The zero-order valence-corrected chi connectivity index (χ0v) is 8.82. The minimum atomic E-state index is -0.766. The largest absolute Gasteiger partial charge is 0.481 e. The average Bonchev–Trinajstić information content (AvgIpc) is 2.28. The summed E-state index contributed by atoms with van der Waals surface area (Å²) in [6.07, 6.45) is 6.59. The van der Waals surface area contributed by atoms with E-state index in [4.69, 9.17) is 11.5 Å². The highest BCUT2D eigenvalue weighted by molar-refractivity contribution is 5.93. The molecule has 1 rings (SSSR count). The molecule has 0 bridgehead atoms. The van der Waals surface area contributed by atoms with Crippen LogP contribution in [-0.2, 0) is 9.59 Å². The lowest BCUT2D eigenvalue weighted by Gasteiger charge is -2.37. The van der Waals surface area contributed by atoms with E-state index >= 15 is 0 Å². The number of likely N-dealkylation sites (tertiary alicyclic amines) is 1. The number of hydrogen-bond acceptors (Lipinski definition) is 2. The number of aliphatic carboxylic acids is 1. The second-order valence-corrected chi connectivity index (χ2v) is 3.88. The molecule has 0 aromatic rings. The van der Waals surface area contributed by atoms with Crippen molar-refractivity contribution in [3.63, 3.8) is 0 Å². The van der Waals surface area contributed by atoms with Gasteiger partial charge in [-0.3, -0.25) is 9.59 Å². The van der Waals surface area contributed by atoms with E-state index in [1.165, 1.54) is 4.90 Å². The predicted octanol–water partition coefficient (Wildman–Crippen LogP) is 0.723. The summed E-state index contributed by atoms with van der Waals surface area (Å²) in [6.45, 7) is 2.76. The molecule has 15 heavy (non-hydrogen) atoms. The quantitative estimate of drug-likeness (QED) is 0.682. The molecule has 4 nitrogen and oxygen atoms in total. The van der Waals surface area contributed by atoms with Crippen molar-refractivity contribution in [2.24, 2.45) is 5.41 Å². The fourth-order valence-electron chi connectivity index (χ4n) is 1.95. The van der Waals surface area contributed by atoms with Crippen molar-refractivity contribution in [3.05, 3.63) is 0 Å². The first-order chi connectivity index (χ1) is 7.05. The molecule has 1 saturated heterocycles. The van der Waals surface area contributed by atoms with Crippen LogP contribution in [0.15, 0.2) is 0 Å². The Morgan fingerprint density at radius 1 is 1.47 bits per heavy atom. The first-order valence-electron chi connectivity index (χ1n) is 5.04. The number of amides is 1. The third kappa shape index (κ3) is 2.12. The lowest BCUT2D eigenvalue weighted by Crippen LogP contribution is -2.45. The standard InChI is InChI=1S/C11H15NO3/c1-3-9(13)12-7-5-11(4-2,6-8-12)10(14)15/h1H,4-8H2,2H3,(H,14,15). The summed E-state index contributed by atoms with van der Waals surface area (Å²) in [6, 6.07) is 0. The number of carbonyl (C=O) groups excluding carboxylic acids is 1. The van der Waals surface area contributed by atoms with Crippen LogP contribution in [0.4, 0.5) is 0 Å². The molecule has 0 unspecified atom stereocenters. The van der Waals surface area contributed by atoms with Crippen LogP contribution in [-0.4, -0.2) is 35.0 Å². The van der Waals surface area contributed by atoms with Gasteiger partial charge in [-0.1, -0.05) is 6.92 Å². The minimum absolute atomic E-state index is 0.343. The van der Waals surface area contributed by atoms with E-state index < -0.39 is 11.4 Å². The summed E-state index contributed by atoms with van der Waals surface area (Å²) >= 11 is 0. The third-order valence-electron chi connectivity index (χ3n) is 3.26. The molecule has 1 N–H and O–H groups in total. The first-order valence-corrected chi connectivity index (χ1v) is 5.04. The van der Waals surface area contributed by atoms with Gasteiger partial charge in [0, 0.05) is 13.1 Å². The molecule has 0 saturated carbocycles. The van der Waals surface area contributed by atoms with Gasteiger partial charge in [-0.15, -0.1) is 6.42 Å². The molecule has 0 aromatic heterocycles. The van der Waals surface area contributed by atoms with Gasteiger partial charge < -0.3 is 10.0 Å². The number of carboxylic acid groups (broad SMARTS) is 1. The van der Waals surface area contributed by atoms with Crippen LogP contribution in [0.3, 0.4) is 0 Å². The second kappa shape index (κ2) is 4.35. The Hall–Kier alpha value is -1.50. The molecule has 82 valence electrons. The van der Waals surface area contributed by atoms with Gasteiger partial charge in [0.25, 0.3) is 5.91 Å². The zero-order valence-electron chi connectivity index (χ0n) is 8.82. The summed E-state index contributed by atoms with van der Waals surface area (Å²) in [5.74, 6) is 0.940. The highest BCUT2D eigenvalue weighted by Crippen LogP contribution is 2.34. The number of nitrogens with zero attached hydrogens (tertiary/aromatic N) is 1. The van der Waals surface area contributed by atoms with Crippen LogP contribution in [0, 0.1) is 17.8 Å². The fourth-order valence-corrected chi connectivity index (χ4v) is 1.95. The maximum Gasteiger partial charge on any atom is 0.309 e. The monoisotopic (exact) mass is 209 g/mol. The number of piperidine rings is 1. The summed E-state index contributed by atoms with van der Waals surface area (Å²) in [5, 5.41) is 9.13. The number of carbonyl (C=O) groups is 2. The van der Waals surface area contributed by atoms with E-state index in [1.54, 1.807) is 0 Å². The molecule has 0 aromatic carbocycles. The molecular weight excluding hydrogens is 194 g/mol. The Balaban J connectivity index is 2.66. The SMILES string of the molecule is C#CC(=O)N1CCC(CC)(C(=O)O)CC1. The molecule has 0 spiro atoms. The van der Waals surface area contributed by atoms with E-state index in [1.807, 2.05) is 12.8 Å². The highest BCUT2D eigenvalue weighted by Gasteiger charge is 2.40. The van der Waals surface area contributed by atoms with E-state index in [9.17, 15) is 9.59 Å². The van der Waals surface area contributed by atoms with Crippen molar-refractivity contribution < 1.29 is 14.7 Å². The molecule has 1 aliphatic rings. The Morgan fingerprint density at radius 2 is 2.00 bits per heavy atom. The summed E-state index contributed by atoms with van der Waals surface area (Å²) in [7, 11) is 0. The first kappa shape index (κ1) is 11.6. The number of rotatable bonds is 2. The highest BCUT2D eigenvalue weighted by atomic mass is 16.4. The van der Waals surface area contributed by atoms with E-state index in [2.05, 4.69) is 0 Å². The van der Waals surface area contributed by atoms with Crippen LogP contribution in [0.1, 0.15) is 26.2 Å². The molecule has 4 heteroatoms. The minimum Gasteiger partial charge on any atom is -0.481 e. The van der Waals surface area contributed by atoms with Gasteiger partial charge in [0.05, 0.1) is 5.41 Å². The molecule has 1 fully saturated rings. The summed E-state index contributed by atoms with van der Waals surface area (Å²) in [5.41, 5.74) is -0.661. The Kier molecular flexibility index (Phi) is 3.35. The van der Waals surface area contributed by atoms with Crippen LogP contribution in [0.2, 0.25) is 0 Å². The molecular formula is C11H15NO3. The lowest BCUT2D eigenvalue weighted by molar-refractivity contribution is -0.153. The van der Waals surface area contributed by atoms with Gasteiger partial charge in [0.2, 0.25) is 0 Å². The van der Waals surface area contributed by atoms with Crippen molar-refractivity contribution >= 4 is 11.9 Å². The normalized spacial score (nSPS) is 19.3. The third-order valence-corrected chi connectivity index (χ3v) is 3.26. The van der Waals surface area contributed by atoms with Crippen molar-refractivity contribution in [2.75, 3.05) is 13.1 Å². The molecule has 1 amide bonds. The number of hydrogen-bond donors (Lipinski definition) is 1. The molecule has 1 heterocycles. The Bertz CT molecular complexity index is 308. The smallest absolute Gasteiger partial charge is 0.309 e. The Morgan fingerprint density at radius 3 is 2.33 bits per heavy atom. The van der Waals surface area contributed by atoms with Crippen molar-refractivity contribution in [3.8, 4) is 12.3 Å². The summed E-state index contributed by atoms with van der Waals surface area (Å²) in [4.78, 5) is 23.8. The van der Waals surface area contributed by atoms with Gasteiger partial charge in [-0.25, -0.2) is 0 Å². The van der Waals surface area contributed by atoms with Crippen LogP contribution < -0.4 is 0 Å². The van der Waals surface area contributed by atoms with Crippen molar-refractivity contribution in [2.45, 2.75) is 26.2 Å². The fraction of sp³-hybridized carbons (Fsp3) is 0.636. The van der Waals surface area contributed by atoms with Gasteiger partial charge in [-0.2, -0.15) is 0 Å². The maximum absolute atomic E-state index is 11.2. The number of carboxylic acids is 1. The van der Waals surface area contributed by atoms with Gasteiger partial charge in [0.15, 0.2) is 0 Å². The Labute approximate surface area is 89.3 Å². The topological polar surface area (TPSA) is 57.6 Å². The van der Waals surface area contributed by atoms with E-state index in [0.29, 0.717) is 32.4 Å². The maximum atomic E-state index is 11.2. The van der Waals surface area contributed by atoms with Crippen LogP contribution >= 0.6 is 0 Å². The van der Waals surface area contributed by atoms with Crippen molar-refractivity contribution in [1.82, 2.24) is 4.90 Å². The van der Waals surface area contributed by atoms with Gasteiger partial charge >= 0.3 is 5.97 Å². The summed E-state index contributed by atoms with van der Waals surface area (Å²) < 4.78 is 0. The average molecular weight is 209 g/mol. The van der Waals surface area contributed by atoms with Gasteiger partial charge in [0.1, 0.15) is 0 Å². The molecule has 0 radical (unpaired) electrons. The van der Waals surface area contributed by atoms with E-state index in [-0.39, 0.29) is 5.91 Å². The molecule has 1 aliphatic heterocycles.